The quantitative estimate of drug-likeness (QED) is 0.515. The molecule has 0 fully saturated rings. The Morgan fingerprint density at radius 1 is 1.23 bits per heavy atom. The summed E-state index contributed by atoms with van der Waals surface area (Å²) >= 11 is 1.76. The molecule has 0 spiro atoms. The third-order valence-electron chi connectivity index (χ3n) is 4.27. The molecule has 2 N–H and O–H groups in total. The summed E-state index contributed by atoms with van der Waals surface area (Å²) in [6.45, 7) is 5.22. The average molecular weight is 373 g/mol. The zero-order valence-electron chi connectivity index (χ0n) is 15.4. The Bertz CT molecular complexity index is 666. The van der Waals surface area contributed by atoms with Gasteiger partial charge in [-0.1, -0.05) is 49.2 Å². The van der Waals surface area contributed by atoms with Gasteiger partial charge in [0.25, 0.3) is 0 Å². The number of hydrogen-bond acceptors (Lipinski definition) is 5. The maximum absolute atomic E-state index is 5.93. The van der Waals surface area contributed by atoms with Crippen molar-refractivity contribution in [2.45, 2.75) is 25.8 Å². The monoisotopic (exact) mass is 372 g/mol. The van der Waals surface area contributed by atoms with Gasteiger partial charge in [-0.2, -0.15) is 0 Å². The lowest BCUT2D eigenvalue weighted by molar-refractivity contribution is 0.317. The predicted molar refractivity (Wildman–Crippen MR) is 109 cm³/mol. The van der Waals surface area contributed by atoms with E-state index in [-0.39, 0.29) is 6.04 Å². The summed E-state index contributed by atoms with van der Waals surface area (Å²) in [5.41, 5.74) is 2.50. The zero-order valence-corrected chi connectivity index (χ0v) is 16.2. The van der Waals surface area contributed by atoms with E-state index in [1.165, 1.54) is 17.5 Å². The first-order valence-electron chi connectivity index (χ1n) is 9.38. The molecular weight excluding hydrogens is 344 g/mol. The molecule has 0 amide bonds. The number of ether oxygens (including phenoxy) is 2. The molecule has 0 saturated carbocycles. The van der Waals surface area contributed by atoms with Crippen LogP contribution in [-0.4, -0.2) is 32.1 Å². The molecule has 0 aromatic heterocycles. The maximum Gasteiger partial charge on any atom is 0.124 e. The lowest BCUT2D eigenvalue weighted by Gasteiger charge is -2.19. The third-order valence-corrected chi connectivity index (χ3v) is 5.29. The van der Waals surface area contributed by atoms with Crippen LogP contribution < -0.4 is 19.5 Å². The molecule has 1 heterocycles. The number of hydrogen-bond donors (Lipinski definition) is 2. The van der Waals surface area contributed by atoms with Gasteiger partial charge in [-0.3, -0.25) is 4.72 Å². The van der Waals surface area contributed by atoms with Crippen molar-refractivity contribution < 1.29 is 9.47 Å². The second-order valence-corrected chi connectivity index (χ2v) is 7.32. The standard InChI is InChI=1S/C21H28N2O2S/c1-2-14-26-23-11-13-24-18-8-9-21-19(16-18)20(22-10-12-25-21)15-17-6-4-3-5-7-17/h3-9,16,20,22-23H,2,10-15H2,1H3. The van der Waals surface area contributed by atoms with Crippen LogP contribution in [0.5, 0.6) is 11.5 Å². The van der Waals surface area contributed by atoms with Crippen LogP contribution in [-0.2, 0) is 6.42 Å². The van der Waals surface area contributed by atoms with Gasteiger partial charge in [0.05, 0.1) is 0 Å². The van der Waals surface area contributed by atoms with Crippen molar-refractivity contribution in [3.8, 4) is 11.5 Å². The van der Waals surface area contributed by atoms with Crippen molar-refractivity contribution in [3.05, 3.63) is 59.7 Å². The van der Waals surface area contributed by atoms with Crippen LogP contribution in [0.2, 0.25) is 0 Å². The molecule has 2 aromatic carbocycles. The molecule has 3 rings (SSSR count). The molecule has 140 valence electrons. The highest BCUT2D eigenvalue weighted by atomic mass is 32.2. The fourth-order valence-electron chi connectivity index (χ4n) is 3.01. The van der Waals surface area contributed by atoms with Gasteiger partial charge in [0, 0.05) is 30.4 Å². The summed E-state index contributed by atoms with van der Waals surface area (Å²) in [7, 11) is 0. The van der Waals surface area contributed by atoms with Crippen molar-refractivity contribution in [1.82, 2.24) is 10.0 Å². The van der Waals surface area contributed by atoms with Gasteiger partial charge < -0.3 is 14.8 Å². The van der Waals surface area contributed by atoms with Gasteiger partial charge in [-0.05, 0) is 36.6 Å². The van der Waals surface area contributed by atoms with Crippen LogP contribution in [0.1, 0.15) is 30.5 Å². The summed E-state index contributed by atoms with van der Waals surface area (Å²) < 4.78 is 15.2. The van der Waals surface area contributed by atoms with Crippen LogP contribution in [0.4, 0.5) is 0 Å². The van der Waals surface area contributed by atoms with E-state index in [1.54, 1.807) is 11.9 Å². The summed E-state index contributed by atoms with van der Waals surface area (Å²) in [5.74, 6) is 2.99. The SMILES string of the molecule is CCCSNCCOc1ccc2c(c1)C(Cc1ccccc1)NCCO2. The Hall–Kier alpha value is -1.69. The van der Waals surface area contributed by atoms with E-state index in [0.29, 0.717) is 13.2 Å². The van der Waals surface area contributed by atoms with Crippen LogP contribution in [0.25, 0.3) is 0 Å². The van der Waals surface area contributed by atoms with Gasteiger partial charge in [-0.25, -0.2) is 0 Å². The topological polar surface area (TPSA) is 42.5 Å². The highest BCUT2D eigenvalue weighted by Crippen LogP contribution is 2.32. The van der Waals surface area contributed by atoms with E-state index in [1.807, 2.05) is 12.1 Å². The molecule has 1 atom stereocenters. The van der Waals surface area contributed by atoms with E-state index in [4.69, 9.17) is 9.47 Å². The minimum atomic E-state index is 0.233. The highest BCUT2D eigenvalue weighted by molar-refractivity contribution is 7.97. The van der Waals surface area contributed by atoms with Crippen LogP contribution in [0.15, 0.2) is 48.5 Å². The molecule has 0 aliphatic carbocycles. The fraction of sp³-hybridized carbons (Fsp3) is 0.429. The Kier molecular flexibility index (Phi) is 7.67. The number of benzene rings is 2. The van der Waals surface area contributed by atoms with Crippen molar-refractivity contribution in [2.75, 3.05) is 32.1 Å². The summed E-state index contributed by atoms with van der Waals surface area (Å²) in [6.07, 6.45) is 2.12. The van der Waals surface area contributed by atoms with Crippen LogP contribution in [0.3, 0.4) is 0 Å². The summed E-state index contributed by atoms with van der Waals surface area (Å²) in [6, 6.07) is 17.0. The molecule has 1 aliphatic rings. The molecule has 0 radical (unpaired) electrons. The van der Waals surface area contributed by atoms with Crippen LogP contribution in [0, 0.1) is 0 Å². The Morgan fingerprint density at radius 2 is 2.12 bits per heavy atom. The van der Waals surface area contributed by atoms with Crippen molar-refractivity contribution in [1.29, 1.82) is 0 Å². The number of fused-ring (bicyclic) bond motifs is 1. The first-order chi connectivity index (χ1) is 12.9. The molecule has 26 heavy (non-hydrogen) atoms. The summed E-state index contributed by atoms with van der Waals surface area (Å²) in [4.78, 5) is 0. The maximum atomic E-state index is 5.93. The predicted octanol–water partition coefficient (Wildman–Crippen LogP) is 3.98. The largest absolute Gasteiger partial charge is 0.492 e. The highest BCUT2D eigenvalue weighted by Gasteiger charge is 2.20. The lowest BCUT2D eigenvalue weighted by atomic mass is 9.98. The molecule has 2 aromatic rings. The fourth-order valence-corrected chi connectivity index (χ4v) is 3.59. The van der Waals surface area contributed by atoms with Crippen molar-refractivity contribution in [3.63, 3.8) is 0 Å². The molecule has 5 heteroatoms. The van der Waals surface area contributed by atoms with E-state index >= 15 is 0 Å². The van der Waals surface area contributed by atoms with E-state index in [9.17, 15) is 0 Å². The second kappa shape index (κ2) is 10.5. The zero-order chi connectivity index (χ0) is 18.0. The van der Waals surface area contributed by atoms with E-state index in [2.05, 4.69) is 53.4 Å². The molecule has 0 saturated heterocycles. The second-order valence-electron chi connectivity index (χ2n) is 6.34. The minimum Gasteiger partial charge on any atom is -0.492 e. The number of nitrogens with one attached hydrogen (secondary N) is 2. The third kappa shape index (κ3) is 5.66. The van der Waals surface area contributed by atoms with E-state index in [0.717, 1.165) is 36.8 Å². The van der Waals surface area contributed by atoms with Crippen molar-refractivity contribution >= 4 is 11.9 Å². The molecule has 4 nitrogen and oxygen atoms in total. The van der Waals surface area contributed by atoms with E-state index < -0.39 is 0 Å². The summed E-state index contributed by atoms with van der Waals surface area (Å²) in [5, 5.41) is 3.61. The van der Waals surface area contributed by atoms with Gasteiger partial charge in [0.1, 0.15) is 24.7 Å². The van der Waals surface area contributed by atoms with Crippen LogP contribution >= 0.6 is 11.9 Å². The normalized spacial score (nSPS) is 16.4. The molecule has 1 unspecified atom stereocenters. The van der Waals surface area contributed by atoms with Gasteiger partial charge in [0.15, 0.2) is 0 Å². The average Bonchev–Trinajstić information content (AvgIpc) is 2.87. The van der Waals surface area contributed by atoms with Gasteiger partial charge in [0.2, 0.25) is 0 Å². The Morgan fingerprint density at radius 3 is 2.96 bits per heavy atom. The Labute approximate surface area is 160 Å². The lowest BCUT2D eigenvalue weighted by Crippen LogP contribution is -2.24. The smallest absolute Gasteiger partial charge is 0.124 e. The Balaban J connectivity index is 1.64. The minimum absolute atomic E-state index is 0.233. The molecule has 1 aliphatic heterocycles. The number of rotatable bonds is 9. The van der Waals surface area contributed by atoms with Crippen molar-refractivity contribution in [2.24, 2.45) is 0 Å². The van der Waals surface area contributed by atoms with Gasteiger partial charge in [-0.15, -0.1) is 0 Å². The first kappa shape index (κ1) is 19.1. The molecule has 0 bridgehead atoms. The van der Waals surface area contributed by atoms with Gasteiger partial charge >= 0.3 is 0 Å². The molecular formula is C21H28N2O2S. The first-order valence-corrected chi connectivity index (χ1v) is 10.4.